The second-order valence-electron chi connectivity index (χ2n) is 3.31. The molecule has 0 nitrogen and oxygen atoms in total. The van der Waals surface area contributed by atoms with E-state index in [9.17, 15) is 8.78 Å². The molecule has 3 heteroatoms. The first-order valence-electron chi connectivity index (χ1n) is 4.11. The molecular weight excluding hydrogens is 194 g/mol. The van der Waals surface area contributed by atoms with E-state index < -0.39 is 17.0 Å². The number of rotatable bonds is 2. The van der Waals surface area contributed by atoms with Crippen LogP contribution in [0.4, 0.5) is 8.78 Å². The molecule has 0 bridgehead atoms. The Morgan fingerprint density at radius 2 is 1.85 bits per heavy atom. The highest BCUT2D eigenvalue weighted by atomic mass is 35.5. The fourth-order valence-electron chi connectivity index (χ4n) is 1.08. The molecule has 72 valence electrons. The van der Waals surface area contributed by atoms with E-state index >= 15 is 0 Å². The van der Waals surface area contributed by atoms with Crippen molar-refractivity contribution in [2.24, 2.45) is 5.92 Å². The Bertz CT molecular complexity index is 297. The van der Waals surface area contributed by atoms with Crippen molar-refractivity contribution in [2.75, 3.05) is 0 Å². The molecule has 0 saturated heterocycles. The smallest absolute Gasteiger partial charge is 0.130 e. The Kier molecular flexibility index (Phi) is 3.26. The summed E-state index contributed by atoms with van der Waals surface area (Å²) in [5, 5.41) is -0.402. The molecule has 1 atom stereocenters. The first-order valence-corrected chi connectivity index (χ1v) is 4.55. The molecule has 0 radical (unpaired) electrons. The maximum Gasteiger partial charge on any atom is 0.130 e. The van der Waals surface area contributed by atoms with Gasteiger partial charge in [-0.05, 0) is 12.0 Å². The van der Waals surface area contributed by atoms with E-state index in [0.29, 0.717) is 5.56 Å². The van der Waals surface area contributed by atoms with Gasteiger partial charge < -0.3 is 0 Å². The minimum Gasteiger partial charge on any atom is -0.207 e. The molecule has 0 amide bonds. The largest absolute Gasteiger partial charge is 0.207 e. The molecular formula is C10H11ClF2. The molecule has 13 heavy (non-hydrogen) atoms. The molecule has 0 heterocycles. The van der Waals surface area contributed by atoms with Crippen LogP contribution in [0.5, 0.6) is 0 Å². The lowest BCUT2D eigenvalue weighted by atomic mass is 10.0. The topological polar surface area (TPSA) is 0 Å². The van der Waals surface area contributed by atoms with Gasteiger partial charge in [0.25, 0.3) is 0 Å². The van der Waals surface area contributed by atoms with Crippen LogP contribution in [0.2, 0.25) is 0 Å². The van der Waals surface area contributed by atoms with E-state index in [1.807, 2.05) is 13.8 Å². The van der Waals surface area contributed by atoms with Crippen LogP contribution in [0.3, 0.4) is 0 Å². The van der Waals surface area contributed by atoms with Crippen molar-refractivity contribution < 1.29 is 8.78 Å². The van der Waals surface area contributed by atoms with Crippen LogP contribution >= 0.6 is 11.6 Å². The van der Waals surface area contributed by atoms with Crippen LogP contribution in [0.15, 0.2) is 18.2 Å². The fraction of sp³-hybridized carbons (Fsp3) is 0.400. The first-order chi connectivity index (χ1) is 6.02. The molecule has 0 fully saturated rings. The van der Waals surface area contributed by atoms with Crippen LogP contribution < -0.4 is 0 Å². The average Bonchev–Trinajstić information content (AvgIpc) is 2.03. The molecule has 0 aliphatic carbocycles. The van der Waals surface area contributed by atoms with Crippen molar-refractivity contribution in [1.82, 2.24) is 0 Å². The second kappa shape index (κ2) is 4.05. The Hall–Kier alpha value is -0.630. The fourth-order valence-corrected chi connectivity index (χ4v) is 1.26. The summed E-state index contributed by atoms with van der Waals surface area (Å²) in [6.07, 6.45) is 0. The molecule has 1 unspecified atom stereocenters. The standard InChI is InChI=1S/C10H11ClF2/c1-6(2)10(11)8-4-3-7(12)5-9(8)13/h3-6,10H,1-2H3. The van der Waals surface area contributed by atoms with Gasteiger partial charge in [-0.25, -0.2) is 8.78 Å². The lowest BCUT2D eigenvalue weighted by Gasteiger charge is -2.14. The molecule has 0 aromatic heterocycles. The normalized spacial score (nSPS) is 13.4. The van der Waals surface area contributed by atoms with Gasteiger partial charge in [0.15, 0.2) is 0 Å². The molecule has 1 aromatic rings. The lowest BCUT2D eigenvalue weighted by molar-refractivity contribution is 0.544. The highest BCUT2D eigenvalue weighted by Crippen LogP contribution is 2.30. The molecule has 0 aliphatic heterocycles. The van der Waals surface area contributed by atoms with Gasteiger partial charge in [0.2, 0.25) is 0 Å². The van der Waals surface area contributed by atoms with Crippen LogP contribution in [0, 0.1) is 17.6 Å². The SMILES string of the molecule is CC(C)C(Cl)c1ccc(F)cc1F. The maximum atomic E-state index is 13.1. The zero-order valence-corrected chi connectivity index (χ0v) is 8.28. The Morgan fingerprint density at radius 3 is 2.31 bits per heavy atom. The average molecular weight is 205 g/mol. The van der Waals surface area contributed by atoms with Gasteiger partial charge in [-0.15, -0.1) is 11.6 Å². The van der Waals surface area contributed by atoms with Crippen molar-refractivity contribution in [3.8, 4) is 0 Å². The number of benzene rings is 1. The predicted molar refractivity (Wildman–Crippen MR) is 49.8 cm³/mol. The molecule has 0 N–H and O–H groups in total. The highest BCUT2D eigenvalue weighted by molar-refractivity contribution is 6.20. The summed E-state index contributed by atoms with van der Waals surface area (Å²) < 4.78 is 25.7. The molecule has 1 rings (SSSR count). The molecule has 0 spiro atoms. The lowest BCUT2D eigenvalue weighted by Crippen LogP contribution is -2.02. The molecule has 1 aromatic carbocycles. The summed E-state index contributed by atoms with van der Waals surface area (Å²) in [6, 6.07) is 3.46. The molecule has 0 aliphatic rings. The van der Waals surface area contributed by atoms with Crippen LogP contribution in [-0.4, -0.2) is 0 Å². The Balaban J connectivity index is 3.01. The third kappa shape index (κ3) is 2.41. The van der Waals surface area contributed by atoms with Gasteiger partial charge in [0.1, 0.15) is 11.6 Å². The monoisotopic (exact) mass is 204 g/mol. The second-order valence-corrected chi connectivity index (χ2v) is 3.78. The van der Waals surface area contributed by atoms with Crippen LogP contribution in [0.25, 0.3) is 0 Å². The van der Waals surface area contributed by atoms with Gasteiger partial charge in [-0.2, -0.15) is 0 Å². The van der Waals surface area contributed by atoms with E-state index in [2.05, 4.69) is 0 Å². The third-order valence-corrected chi connectivity index (χ3v) is 2.58. The summed E-state index contributed by atoms with van der Waals surface area (Å²) in [5.41, 5.74) is 0.359. The summed E-state index contributed by atoms with van der Waals surface area (Å²) in [6.45, 7) is 3.78. The first kappa shape index (κ1) is 10.5. The van der Waals surface area contributed by atoms with Crippen molar-refractivity contribution >= 4 is 11.6 Å². The van der Waals surface area contributed by atoms with E-state index in [4.69, 9.17) is 11.6 Å². The molecule has 0 saturated carbocycles. The predicted octanol–water partition coefficient (Wildman–Crippen LogP) is 3.90. The quantitative estimate of drug-likeness (QED) is 0.641. The Morgan fingerprint density at radius 1 is 1.23 bits per heavy atom. The summed E-state index contributed by atoms with van der Waals surface area (Å²) in [5.74, 6) is -1.02. The van der Waals surface area contributed by atoms with Crippen LogP contribution in [-0.2, 0) is 0 Å². The third-order valence-electron chi connectivity index (χ3n) is 1.84. The van der Waals surface area contributed by atoms with Gasteiger partial charge in [-0.1, -0.05) is 19.9 Å². The van der Waals surface area contributed by atoms with Crippen LogP contribution in [0.1, 0.15) is 24.8 Å². The maximum absolute atomic E-state index is 13.1. The van der Waals surface area contributed by atoms with Gasteiger partial charge in [-0.3, -0.25) is 0 Å². The van der Waals surface area contributed by atoms with Crippen molar-refractivity contribution in [3.05, 3.63) is 35.4 Å². The minimum absolute atomic E-state index is 0.127. The number of halogens is 3. The highest BCUT2D eigenvalue weighted by Gasteiger charge is 2.16. The summed E-state index contributed by atoms with van der Waals surface area (Å²) in [4.78, 5) is 0. The zero-order chi connectivity index (χ0) is 10.0. The summed E-state index contributed by atoms with van der Waals surface area (Å²) in [7, 11) is 0. The minimum atomic E-state index is -0.575. The summed E-state index contributed by atoms with van der Waals surface area (Å²) >= 11 is 5.94. The van der Waals surface area contributed by atoms with E-state index in [1.165, 1.54) is 12.1 Å². The van der Waals surface area contributed by atoms with E-state index in [1.54, 1.807) is 0 Å². The van der Waals surface area contributed by atoms with Gasteiger partial charge >= 0.3 is 0 Å². The van der Waals surface area contributed by atoms with Gasteiger partial charge in [0, 0.05) is 11.6 Å². The van der Waals surface area contributed by atoms with Crippen molar-refractivity contribution in [1.29, 1.82) is 0 Å². The number of alkyl halides is 1. The number of hydrogen-bond donors (Lipinski definition) is 0. The zero-order valence-electron chi connectivity index (χ0n) is 7.52. The van der Waals surface area contributed by atoms with E-state index in [0.717, 1.165) is 6.07 Å². The Labute approximate surface area is 81.5 Å². The van der Waals surface area contributed by atoms with Crippen molar-refractivity contribution in [3.63, 3.8) is 0 Å². The van der Waals surface area contributed by atoms with Gasteiger partial charge in [0.05, 0.1) is 5.38 Å². The van der Waals surface area contributed by atoms with Crippen molar-refractivity contribution in [2.45, 2.75) is 19.2 Å². The van der Waals surface area contributed by atoms with E-state index in [-0.39, 0.29) is 5.92 Å². The number of hydrogen-bond acceptors (Lipinski definition) is 0.